The van der Waals surface area contributed by atoms with Crippen LogP contribution >= 0.6 is 11.8 Å². The molecule has 6 nitrogen and oxygen atoms in total. The molecule has 36 heavy (non-hydrogen) atoms. The smallest absolute Gasteiger partial charge is 0.219 e. The fourth-order valence-corrected chi connectivity index (χ4v) is 5.65. The van der Waals surface area contributed by atoms with Gasteiger partial charge in [-0.05, 0) is 64.6 Å². The van der Waals surface area contributed by atoms with Crippen LogP contribution in [0.2, 0.25) is 0 Å². The molecule has 1 aromatic heterocycles. The number of para-hydroxylation sites is 1. The standard InChI is InChI=1S/C29H39N5OS/c1-23-15-17-25(18-16-23)28-31-32-29(34(28)26-12-4-3-5-13-26)36-22-9-7-14-27(35)30-19-10-21-33-20-8-6-11-24(33)2/h3-5,12-13,15-18,24H,6-11,14,19-22H2,1-2H3,(H,30,35). The summed E-state index contributed by atoms with van der Waals surface area (Å²) in [5.74, 6) is 1.92. The van der Waals surface area contributed by atoms with E-state index in [1.54, 1.807) is 11.8 Å². The minimum absolute atomic E-state index is 0.167. The quantitative estimate of drug-likeness (QED) is 0.246. The molecule has 0 spiro atoms. The molecule has 1 atom stereocenters. The molecule has 2 aromatic carbocycles. The van der Waals surface area contributed by atoms with Gasteiger partial charge in [0.05, 0.1) is 0 Å². The first-order valence-corrected chi connectivity index (χ1v) is 14.3. The van der Waals surface area contributed by atoms with Crippen LogP contribution in [0.3, 0.4) is 0 Å². The van der Waals surface area contributed by atoms with Gasteiger partial charge in [-0.3, -0.25) is 9.36 Å². The SMILES string of the molecule is Cc1ccc(-c2nnc(SCCCCC(=O)NCCCN3CCCCC3C)n2-c2ccccc2)cc1. The Kier molecular flexibility index (Phi) is 9.99. The van der Waals surface area contributed by atoms with Crippen LogP contribution < -0.4 is 5.32 Å². The highest BCUT2D eigenvalue weighted by Crippen LogP contribution is 2.28. The number of nitrogens with zero attached hydrogens (tertiary/aromatic N) is 4. The minimum atomic E-state index is 0.167. The van der Waals surface area contributed by atoms with Gasteiger partial charge in [-0.2, -0.15) is 0 Å². The van der Waals surface area contributed by atoms with Crippen molar-refractivity contribution in [1.29, 1.82) is 0 Å². The molecule has 7 heteroatoms. The van der Waals surface area contributed by atoms with Gasteiger partial charge in [0.2, 0.25) is 5.91 Å². The summed E-state index contributed by atoms with van der Waals surface area (Å²) < 4.78 is 2.13. The zero-order valence-corrected chi connectivity index (χ0v) is 22.5. The summed E-state index contributed by atoms with van der Waals surface area (Å²) in [4.78, 5) is 14.8. The van der Waals surface area contributed by atoms with Crippen LogP contribution in [0.15, 0.2) is 59.8 Å². The molecule has 0 aliphatic carbocycles. The molecule has 0 radical (unpaired) electrons. The van der Waals surface area contributed by atoms with Crippen molar-refractivity contribution < 1.29 is 4.79 Å². The molecular formula is C29H39N5OS. The number of carbonyl (C=O) groups is 1. The van der Waals surface area contributed by atoms with Crippen LogP contribution in [0.5, 0.6) is 0 Å². The maximum atomic E-state index is 12.3. The van der Waals surface area contributed by atoms with Gasteiger partial charge in [-0.1, -0.05) is 66.2 Å². The molecule has 1 fully saturated rings. The molecule has 1 unspecified atom stereocenters. The second-order valence-electron chi connectivity index (χ2n) is 9.73. The first-order chi connectivity index (χ1) is 17.6. The number of piperidine rings is 1. The Labute approximate surface area is 219 Å². The van der Waals surface area contributed by atoms with Crippen molar-refractivity contribution in [2.24, 2.45) is 0 Å². The number of likely N-dealkylation sites (tertiary alicyclic amines) is 1. The summed E-state index contributed by atoms with van der Waals surface area (Å²) in [6.07, 6.45) is 7.43. The monoisotopic (exact) mass is 505 g/mol. The van der Waals surface area contributed by atoms with E-state index in [1.807, 2.05) is 18.2 Å². The van der Waals surface area contributed by atoms with Crippen LogP contribution in [0.4, 0.5) is 0 Å². The lowest BCUT2D eigenvalue weighted by Gasteiger charge is -2.33. The highest BCUT2D eigenvalue weighted by Gasteiger charge is 2.18. The normalized spacial score (nSPS) is 16.2. The van der Waals surface area contributed by atoms with E-state index in [2.05, 4.69) is 75.2 Å². The third-order valence-electron chi connectivity index (χ3n) is 6.87. The zero-order valence-electron chi connectivity index (χ0n) is 21.7. The fourth-order valence-electron chi connectivity index (χ4n) is 4.70. The number of hydrogen-bond acceptors (Lipinski definition) is 5. The lowest BCUT2D eigenvalue weighted by molar-refractivity contribution is -0.121. The molecule has 0 bridgehead atoms. The number of unbranched alkanes of at least 4 members (excludes halogenated alkanes) is 1. The van der Waals surface area contributed by atoms with Gasteiger partial charge in [0.25, 0.3) is 0 Å². The number of hydrogen-bond donors (Lipinski definition) is 1. The van der Waals surface area contributed by atoms with Crippen LogP contribution in [-0.4, -0.2) is 57.0 Å². The number of nitrogens with one attached hydrogen (secondary N) is 1. The van der Waals surface area contributed by atoms with E-state index in [0.29, 0.717) is 12.5 Å². The van der Waals surface area contributed by atoms with Gasteiger partial charge in [-0.25, -0.2) is 0 Å². The average Bonchev–Trinajstić information content (AvgIpc) is 3.32. The fraction of sp³-hybridized carbons (Fsp3) is 0.483. The Morgan fingerprint density at radius 3 is 2.61 bits per heavy atom. The number of benzene rings is 2. The molecule has 4 rings (SSSR count). The Morgan fingerprint density at radius 2 is 1.83 bits per heavy atom. The number of aryl methyl sites for hydroxylation is 1. The van der Waals surface area contributed by atoms with Gasteiger partial charge < -0.3 is 10.2 Å². The molecular weight excluding hydrogens is 466 g/mol. The molecule has 2 heterocycles. The van der Waals surface area contributed by atoms with E-state index in [-0.39, 0.29) is 5.91 Å². The van der Waals surface area contributed by atoms with E-state index in [4.69, 9.17) is 0 Å². The van der Waals surface area contributed by atoms with Gasteiger partial charge in [0.1, 0.15) is 0 Å². The van der Waals surface area contributed by atoms with Gasteiger partial charge in [0, 0.05) is 42.6 Å². The summed E-state index contributed by atoms with van der Waals surface area (Å²) >= 11 is 1.70. The number of carbonyl (C=O) groups excluding carboxylic acids is 1. The second-order valence-corrected chi connectivity index (χ2v) is 10.8. The molecule has 0 saturated carbocycles. The van der Waals surface area contributed by atoms with Gasteiger partial charge in [-0.15, -0.1) is 10.2 Å². The third-order valence-corrected chi connectivity index (χ3v) is 7.89. The molecule has 1 aliphatic rings. The van der Waals surface area contributed by atoms with Crippen LogP contribution in [0.1, 0.15) is 57.4 Å². The Balaban J connectivity index is 1.22. The molecule has 1 aliphatic heterocycles. The second kappa shape index (κ2) is 13.6. The minimum Gasteiger partial charge on any atom is -0.356 e. The van der Waals surface area contributed by atoms with E-state index < -0.39 is 0 Å². The van der Waals surface area contributed by atoms with Crippen LogP contribution in [0, 0.1) is 6.92 Å². The number of thioether (sulfide) groups is 1. The van der Waals surface area contributed by atoms with E-state index in [1.165, 1.54) is 31.4 Å². The Hall–Kier alpha value is -2.64. The average molecular weight is 506 g/mol. The molecule has 3 aromatic rings. The van der Waals surface area contributed by atoms with Crippen molar-refractivity contribution in [3.63, 3.8) is 0 Å². The van der Waals surface area contributed by atoms with Crippen molar-refractivity contribution in [2.75, 3.05) is 25.4 Å². The topological polar surface area (TPSA) is 63.1 Å². The predicted molar refractivity (Wildman–Crippen MR) is 149 cm³/mol. The highest BCUT2D eigenvalue weighted by atomic mass is 32.2. The largest absolute Gasteiger partial charge is 0.356 e. The molecule has 1 N–H and O–H groups in total. The summed E-state index contributed by atoms with van der Waals surface area (Å²) in [5.41, 5.74) is 3.33. The van der Waals surface area contributed by atoms with Crippen molar-refractivity contribution in [3.05, 3.63) is 60.2 Å². The van der Waals surface area contributed by atoms with Gasteiger partial charge in [0.15, 0.2) is 11.0 Å². The Morgan fingerprint density at radius 1 is 1.03 bits per heavy atom. The lowest BCUT2D eigenvalue weighted by Crippen LogP contribution is -2.39. The molecule has 192 valence electrons. The van der Waals surface area contributed by atoms with E-state index in [0.717, 1.165) is 60.3 Å². The summed E-state index contributed by atoms with van der Waals surface area (Å²) in [7, 11) is 0. The van der Waals surface area contributed by atoms with Gasteiger partial charge >= 0.3 is 0 Å². The van der Waals surface area contributed by atoms with E-state index >= 15 is 0 Å². The van der Waals surface area contributed by atoms with Crippen molar-refractivity contribution in [2.45, 2.75) is 70.0 Å². The number of aromatic nitrogens is 3. The maximum absolute atomic E-state index is 12.3. The molecule has 1 amide bonds. The first-order valence-electron chi connectivity index (χ1n) is 13.3. The maximum Gasteiger partial charge on any atom is 0.219 e. The van der Waals surface area contributed by atoms with Crippen molar-refractivity contribution in [3.8, 4) is 17.1 Å². The van der Waals surface area contributed by atoms with Crippen molar-refractivity contribution in [1.82, 2.24) is 25.0 Å². The highest BCUT2D eigenvalue weighted by molar-refractivity contribution is 7.99. The lowest BCUT2D eigenvalue weighted by atomic mass is 10.0. The third kappa shape index (κ3) is 7.43. The summed E-state index contributed by atoms with van der Waals surface area (Å²) in [5, 5.41) is 13.0. The summed E-state index contributed by atoms with van der Waals surface area (Å²) in [6.45, 7) is 7.48. The number of rotatable bonds is 12. The van der Waals surface area contributed by atoms with Crippen LogP contribution in [0.25, 0.3) is 17.1 Å². The summed E-state index contributed by atoms with van der Waals surface area (Å²) in [6, 6.07) is 19.3. The first kappa shape index (κ1) is 26.4. The molecule has 1 saturated heterocycles. The Bertz CT molecular complexity index is 1080. The predicted octanol–water partition coefficient (Wildman–Crippen LogP) is 5.89. The van der Waals surface area contributed by atoms with Crippen molar-refractivity contribution >= 4 is 17.7 Å². The van der Waals surface area contributed by atoms with Crippen LogP contribution in [-0.2, 0) is 4.79 Å². The van der Waals surface area contributed by atoms with E-state index in [9.17, 15) is 4.79 Å². The zero-order chi connectivity index (χ0) is 25.2. The number of amides is 1.